The number of hydrogen-bond acceptors (Lipinski definition) is 0. The third-order valence-electron chi connectivity index (χ3n) is 2.04. The normalized spacial score (nSPS) is 14.4. The van der Waals surface area contributed by atoms with Crippen molar-refractivity contribution >= 4 is 5.57 Å². The van der Waals surface area contributed by atoms with Gasteiger partial charge in [-0.3, -0.25) is 0 Å². The molecule has 0 spiro atoms. The zero-order valence-electron chi connectivity index (χ0n) is 7.04. The highest BCUT2D eigenvalue weighted by atomic mass is 14.1. The van der Waals surface area contributed by atoms with E-state index in [1.807, 2.05) is 12.1 Å². The molecule has 0 saturated heterocycles. The Hall–Kier alpha value is -1.52. The van der Waals surface area contributed by atoms with Crippen LogP contribution >= 0.6 is 0 Å². The fourth-order valence-corrected chi connectivity index (χ4v) is 1.38. The molecular formula is C12H10. The fourth-order valence-electron chi connectivity index (χ4n) is 1.38. The minimum Gasteiger partial charge on any atom is -0.117 e. The molecule has 0 saturated carbocycles. The van der Waals surface area contributed by atoms with E-state index in [1.165, 1.54) is 16.7 Å². The van der Waals surface area contributed by atoms with Crippen molar-refractivity contribution in [2.45, 2.75) is 6.92 Å². The first-order valence-electron chi connectivity index (χ1n) is 4.07. The van der Waals surface area contributed by atoms with Crippen molar-refractivity contribution in [2.24, 2.45) is 0 Å². The van der Waals surface area contributed by atoms with Gasteiger partial charge in [0.1, 0.15) is 0 Å². The topological polar surface area (TPSA) is 0 Å². The van der Waals surface area contributed by atoms with E-state index < -0.39 is 0 Å². The van der Waals surface area contributed by atoms with Gasteiger partial charge in [0.2, 0.25) is 0 Å². The van der Waals surface area contributed by atoms with Crippen molar-refractivity contribution in [1.29, 1.82) is 0 Å². The minimum atomic E-state index is 1.22. The van der Waals surface area contributed by atoms with Crippen molar-refractivity contribution in [3.8, 4) is 0 Å². The van der Waals surface area contributed by atoms with Crippen molar-refractivity contribution in [3.63, 3.8) is 0 Å². The highest BCUT2D eigenvalue weighted by Gasteiger charge is 2.03. The van der Waals surface area contributed by atoms with Crippen LogP contribution in [0.25, 0.3) is 5.57 Å². The second-order valence-electron chi connectivity index (χ2n) is 2.88. The van der Waals surface area contributed by atoms with Crippen LogP contribution in [0.1, 0.15) is 12.5 Å². The Kier molecular flexibility index (Phi) is 1.69. The highest BCUT2D eigenvalue weighted by molar-refractivity contribution is 5.81. The van der Waals surface area contributed by atoms with E-state index in [-0.39, 0.29) is 0 Å². The first-order chi connectivity index (χ1) is 5.88. The van der Waals surface area contributed by atoms with Gasteiger partial charge in [0.25, 0.3) is 0 Å². The summed E-state index contributed by atoms with van der Waals surface area (Å²) < 4.78 is 0. The van der Waals surface area contributed by atoms with Crippen LogP contribution < -0.4 is 0 Å². The Morgan fingerprint density at radius 3 is 2.42 bits per heavy atom. The summed E-state index contributed by atoms with van der Waals surface area (Å²) in [7, 11) is 0. The third kappa shape index (κ3) is 1.13. The summed E-state index contributed by atoms with van der Waals surface area (Å²) >= 11 is 0. The molecule has 1 aromatic carbocycles. The predicted molar refractivity (Wildman–Crippen MR) is 51.7 cm³/mol. The summed E-state index contributed by atoms with van der Waals surface area (Å²) in [6.45, 7) is 2.09. The molecule has 0 bridgehead atoms. The third-order valence-corrected chi connectivity index (χ3v) is 2.04. The zero-order chi connectivity index (χ0) is 8.39. The summed E-state index contributed by atoms with van der Waals surface area (Å²) in [6.07, 6.45) is 4.07. The lowest BCUT2D eigenvalue weighted by Gasteiger charge is -2.01. The van der Waals surface area contributed by atoms with Crippen LogP contribution in [0.15, 0.2) is 53.8 Å². The highest BCUT2D eigenvalue weighted by Crippen LogP contribution is 2.24. The van der Waals surface area contributed by atoms with Crippen molar-refractivity contribution in [3.05, 3.63) is 59.4 Å². The second kappa shape index (κ2) is 2.84. The fraction of sp³-hybridized carbons (Fsp3) is 0.0833. The summed E-state index contributed by atoms with van der Waals surface area (Å²) in [5.74, 6) is 0. The van der Waals surface area contributed by atoms with Crippen LogP contribution in [0.3, 0.4) is 0 Å². The van der Waals surface area contributed by atoms with Gasteiger partial charge in [0.05, 0.1) is 0 Å². The Balaban J connectivity index is 2.42. The van der Waals surface area contributed by atoms with E-state index in [4.69, 9.17) is 0 Å². The van der Waals surface area contributed by atoms with E-state index in [9.17, 15) is 0 Å². The molecule has 0 unspecified atom stereocenters. The van der Waals surface area contributed by atoms with Gasteiger partial charge in [-0.1, -0.05) is 30.3 Å². The number of hydrogen-bond donors (Lipinski definition) is 0. The van der Waals surface area contributed by atoms with Gasteiger partial charge in [-0.25, -0.2) is 0 Å². The van der Waals surface area contributed by atoms with Crippen LogP contribution in [0.2, 0.25) is 0 Å². The van der Waals surface area contributed by atoms with Crippen molar-refractivity contribution < 1.29 is 0 Å². The van der Waals surface area contributed by atoms with Gasteiger partial charge < -0.3 is 0 Å². The molecule has 0 aromatic heterocycles. The molecule has 1 aromatic rings. The lowest BCUT2D eigenvalue weighted by Crippen LogP contribution is -1.81. The second-order valence-corrected chi connectivity index (χ2v) is 2.88. The van der Waals surface area contributed by atoms with Gasteiger partial charge in [0, 0.05) is 0 Å². The molecule has 1 aliphatic carbocycles. The van der Waals surface area contributed by atoms with Crippen molar-refractivity contribution in [2.75, 3.05) is 0 Å². The van der Waals surface area contributed by atoms with E-state index in [1.54, 1.807) is 0 Å². The van der Waals surface area contributed by atoms with Crippen LogP contribution in [0.4, 0.5) is 0 Å². The van der Waals surface area contributed by atoms with Gasteiger partial charge >= 0.3 is 0 Å². The smallest absolute Gasteiger partial charge is 0.00128 e. The van der Waals surface area contributed by atoms with Crippen LogP contribution in [0, 0.1) is 0 Å². The summed E-state index contributed by atoms with van der Waals surface area (Å²) in [5.41, 5.74) is 6.95. The first-order valence-corrected chi connectivity index (χ1v) is 4.07. The maximum Gasteiger partial charge on any atom is -0.00128 e. The molecule has 12 heavy (non-hydrogen) atoms. The number of allylic oxidation sites excluding steroid dienone is 3. The molecule has 0 amide bonds. The van der Waals surface area contributed by atoms with Crippen LogP contribution in [-0.4, -0.2) is 0 Å². The summed E-state index contributed by atoms with van der Waals surface area (Å²) in [4.78, 5) is 0. The Labute approximate surface area is 72.5 Å². The maximum atomic E-state index is 3.17. The number of rotatable bonds is 1. The van der Waals surface area contributed by atoms with Gasteiger partial charge in [-0.05, 0) is 35.8 Å². The monoisotopic (exact) mass is 154 g/mol. The molecule has 58 valence electrons. The molecule has 0 nitrogen and oxygen atoms in total. The van der Waals surface area contributed by atoms with Gasteiger partial charge in [0.15, 0.2) is 0 Å². The van der Waals surface area contributed by atoms with E-state index in [0.717, 1.165) is 0 Å². The molecule has 0 heteroatoms. The lowest BCUT2D eigenvalue weighted by molar-refractivity contribution is 1.53. The van der Waals surface area contributed by atoms with Gasteiger partial charge in [-0.2, -0.15) is 0 Å². The Bertz CT molecular complexity index is 374. The summed E-state index contributed by atoms with van der Waals surface area (Å²) in [5, 5.41) is 0. The summed E-state index contributed by atoms with van der Waals surface area (Å²) in [6, 6.07) is 10.4. The molecule has 0 aliphatic heterocycles. The van der Waals surface area contributed by atoms with E-state index in [2.05, 4.69) is 43.0 Å². The van der Waals surface area contributed by atoms with E-state index in [0.29, 0.717) is 0 Å². The zero-order valence-corrected chi connectivity index (χ0v) is 7.04. The standard InChI is InChI=1S/C12H10/c1-10-6-5-9-12(10)11-7-3-2-4-8-11/h2-5,7-9H,1H3. The van der Waals surface area contributed by atoms with Crippen LogP contribution in [-0.2, 0) is 0 Å². The first kappa shape index (κ1) is 7.15. The van der Waals surface area contributed by atoms with E-state index >= 15 is 0 Å². The number of benzene rings is 1. The molecule has 0 atom stereocenters. The average Bonchev–Trinajstić information content (AvgIpc) is 2.53. The molecule has 0 radical (unpaired) electrons. The average molecular weight is 154 g/mol. The Morgan fingerprint density at radius 2 is 1.83 bits per heavy atom. The molecule has 0 fully saturated rings. The maximum absolute atomic E-state index is 3.17. The van der Waals surface area contributed by atoms with Gasteiger partial charge in [-0.15, -0.1) is 5.73 Å². The Morgan fingerprint density at radius 1 is 1.08 bits per heavy atom. The molecule has 1 aliphatic rings. The quantitative estimate of drug-likeness (QED) is 0.545. The van der Waals surface area contributed by atoms with Crippen LogP contribution in [0.5, 0.6) is 0 Å². The van der Waals surface area contributed by atoms with Crippen molar-refractivity contribution in [1.82, 2.24) is 0 Å². The molecule has 2 rings (SSSR count). The molecular weight excluding hydrogens is 144 g/mol. The lowest BCUT2D eigenvalue weighted by atomic mass is 10.0. The molecule has 0 N–H and O–H groups in total. The minimum absolute atomic E-state index is 1.22. The predicted octanol–water partition coefficient (Wildman–Crippen LogP) is 3.19. The SMILES string of the molecule is CC1=C=CC=C1c1ccccc1. The largest absolute Gasteiger partial charge is 0.117 e. The molecule has 0 heterocycles.